The van der Waals surface area contributed by atoms with Crippen LogP contribution >= 0.6 is 12.4 Å². The second kappa shape index (κ2) is 7.14. The summed E-state index contributed by atoms with van der Waals surface area (Å²) in [6.07, 6.45) is 5.26. The number of nitrogens with one attached hydrogen (secondary N) is 1. The predicted molar refractivity (Wildman–Crippen MR) is 106 cm³/mol. The second-order valence-corrected chi connectivity index (χ2v) is 5.78. The van der Waals surface area contributed by atoms with Crippen LogP contribution in [0.3, 0.4) is 0 Å². The van der Waals surface area contributed by atoms with E-state index >= 15 is 0 Å². The van der Waals surface area contributed by atoms with E-state index in [2.05, 4.69) is 16.1 Å². The van der Waals surface area contributed by atoms with Crippen LogP contribution in [-0.4, -0.2) is 36.6 Å². The number of aromatic nitrogens is 1. The molecule has 0 fully saturated rings. The maximum atomic E-state index is 9.91. The summed E-state index contributed by atoms with van der Waals surface area (Å²) >= 11 is 0. The van der Waals surface area contributed by atoms with Gasteiger partial charge in [0.15, 0.2) is 18.1 Å². The molecule has 4 rings (SSSR count). The number of rotatable bonds is 4. The third-order valence-corrected chi connectivity index (χ3v) is 4.37. The summed E-state index contributed by atoms with van der Waals surface area (Å²) in [5, 5.41) is 15.0. The molecule has 0 amide bonds. The number of phenolic OH excluding ortho intramolecular Hbond substituents is 1. The number of halogens is 1. The van der Waals surface area contributed by atoms with Crippen LogP contribution in [0.1, 0.15) is 11.1 Å². The van der Waals surface area contributed by atoms with Crippen molar-refractivity contribution < 1.29 is 19.4 Å². The van der Waals surface area contributed by atoms with Gasteiger partial charge >= 0.3 is 0 Å². The van der Waals surface area contributed by atoms with Gasteiger partial charge in [-0.05, 0) is 30.3 Å². The number of nitrogens with zero attached hydrogens (tertiary/aromatic N) is 1. The van der Waals surface area contributed by atoms with E-state index in [1.165, 1.54) is 0 Å². The van der Waals surface area contributed by atoms with Crippen molar-refractivity contribution in [2.75, 3.05) is 20.8 Å². The summed E-state index contributed by atoms with van der Waals surface area (Å²) in [6, 6.07) is 8.90. The van der Waals surface area contributed by atoms with Gasteiger partial charge in [0.25, 0.3) is 0 Å². The summed E-state index contributed by atoms with van der Waals surface area (Å²) in [6.45, 7) is 0.0645. The van der Waals surface area contributed by atoms with E-state index in [0.29, 0.717) is 17.2 Å². The molecule has 1 aliphatic rings. The van der Waals surface area contributed by atoms with E-state index in [1.54, 1.807) is 26.4 Å². The molecule has 2 aromatic carbocycles. The first-order chi connectivity index (χ1) is 12.7. The van der Waals surface area contributed by atoms with E-state index in [-0.39, 0.29) is 24.8 Å². The molecule has 0 saturated carbocycles. The first kappa shape index (κ1) is 18.5. The van der Waals surface area contributed by atoms with Crippen molar-refractivity contribution in [2.45, 2.75) is 0 Å². The predicted octanol–water partition coefficient (Wildman–Crippen LogP) is 3.70. The fourth-order valence-electron chi connectivity index (χ4n) is 3.27. The monoisotopic (exact) mass is 384 g/mol. The molecule has 0 spiro atoms. The number of hydrogen-bond acceptors (Lipinski definition) is 5. The van der Waals surface area contributed by atoms with Crippen molar-refractivity contribution >= 4 is 29.0 Å². The van der Waals surface area contributed by atoms with E-state index in [9.17, 15) is 5.11 Å². The summed E-state index contributed by atoms with van der Waals surface area (Å²) in [5.41, 5.74) is 4.99. The third-order valence-electron chi connectivity index (χ3n) is 4.37. The Kier molecular flexibility index (Phi) is 4.89. The minimum absolute atomic E-state index is 0. The maximum absolute atomic E-state index is 9.91. The molecule has 138 valence electrons. The van der Waals surface area contributed by atoms with Crippen LogP contribution in [0.15, 0.2) is 35.5 Å². The highest BCUT2D eigenvalue weighted by Crippen LogP contribution is 2.45. The van der Waals surface area contributed by atoms with Gasteiger partial charge in [0, 0.05) is 27.6 Å². The highest BCUT2D eigenvalue weighted by atomic mass is 35.5. The number of methoxy groups -OCH3 is 2. The zero-order valence-corrected chi connectivity index (χ0v) is 15.5. The van der Waals surface area contributed by atoms with Crippen LogP contribution in [-0.2, 0) is 4.84 Å². The van der Waals surface area contributed by atoms with Crippen molar-refractivity contribution in [3.63, 3.8) is 0 Å². The van der Waals surface area contributed by atoms with E-state index in [4.69, 9.17) is 20.7 Å². The highest BCUT2D eigenvalue weighted by molar-refractivity contribution is 6.30. The molecule has 0 aliphatic heterocycles. The Balaban J connectivity index is 0.00000210. The molecule has 3 aromatic rings. The number of aromatic amines is 1. The normalized spacial score (nSPS) is 12.9. The Morgan fingerprint density at radius 2 is 1.81 bits per heavy atom. The van der Waals surface area contributed by atoms with Gasteiger partial charge in [-0.1, -0.05) is 11.1 Å². The minimum atomic E-state index is 0. The molecule has 0 saturated heterocycles. The largest absolute Gasteiger partial charge is 0.508 e. The minimum Gasteiger partial charge on any atom is -0.508 e. The number of ether oxygens (including phenoxy) is 2. The smallest absolute Gasteiger partial charge is 0.177 e. The lowest BCUT2D eigenvalue weighted by molar-refractivity contribution is 0.180. The maximum Gasteiger partial charge on any atom is 0.177 e. The van der Waals surface area contributed by atoms with Crippen molar-refractivity contribution in [1.29, 1.82) is 0 Å². The molecule has 0 atom stereocenters. The molecule has 1 aromatic heterocycles. The molecular formula is C20H17ClN2O4. The average Bonchev–Trinajstić information content (AvgIpc) is 3.15. The molecule has 27 heavy (non-hydrogen) atoms. The Hall–Kier alpha value is -3.30. The summed E-state index contributed by atoms with van der Waals surface area (Å²) in [5.74, 6) is 3.78. The topological polar surface area (TPSA) is 76.1 Å². The van der Waals surface area contributed by atoms with Gasteiger partial charge in [0.2, 0.25) is 0 Å². The number of H-pyrrole nitrogens is 1. The lowest BCUT2D eigenvalue weighted by Crippen LogP contribution is -2.01. The van der Waals surface area contributed by atoms with Crippen molar-refractivity contribution in [1.82, 2.24) is 4.98 Å². The summed E-state index contributed by atoms with van der Waals surface area (Å²) < 4.78 is 10.8. The first-order valence-corrected chi connectivity index (χ1v) is 7.93. The standard InChI is InChI=1S/C20H16N2O4.ClH/c1-4-7-26-22-20-13-10-17(25-3)16(24-2)9-12(13)19-18(20)14-8-11(23)5-6-15(14)21-19;/h1,5-6,8-10,21,23H,7H2,2-3H3;1H/b22-20-;. The van der Waals surface area contributed by atoms with Gasteiger partial charge in [0.1, 0.15) is 11.5 Å². The number of aromatic hydroxyl groups is 1. The van der Waals surface area contributed by atoms with Crippen molar-refractivity contribution in [2.24, 2.45) is 5.16 Å². The molecule has 1 aliphatic carbocycles. The molecule has 1 heterocycles. The van der Waals surface area contributed by atoms with E-state index in [1.807, 2.05) is 18.2 Å². The van der Waals surface area contributed by atoms with Gasteiger partial charge < -0.3 is 24.4 Å². The lowest BCUT2D eigenvalue weighted by Gasteiger charge is -2.10. The number of phenols is 1. The number of hydrogen-bond donors (Lipinski definition) is 2. The molecule has 0 radical (unpaired) electrons. The molecular weight excluding hydrogens is 368 g/mol. The van der Waals surface area contributed by atoms with Crippen molar-refractivity contribution in [3.05, 3.63) is 41.5 Å². The number of terminal acetylenes is 1. The van der Waals surface area contributed by atoms with Crippen LogP contribution < -0.4 is 9.47 Å². The quantitative estimate of drug-likeness (QED) is 0.319. The van der Waals surface area contributed by atoms with Gasteiger partial charge in [-0.3, -0.25) is 0 Å². The Labute approximate surface area is 162 Å². The van der Waals surface area contributed by atoms with Crippen LogP contribution in [0.4, 0.5) is 0 Å². The van der Waals surface area contributed by atoms with Gasteiger partial charge in [-0.15, -0.1) is 18.8 Å². The highest BCUT2D eigenvalue weighted by Gasteiger charge is 2.32. The van der Waals surface area contributed by atoms with Crippen molar-refractivity contribution in [3.8, 4) is 40.8 Å². The van der Waals surface area contributed by atoms with Crippen LogP contribution in [0.25, 0.3) is 22.2 Å². The summed E-state index contributed by atoms with van der Waals surface area (Å²) in [4.78, 5) is 8.65. The van der Waals surface area contributed by atoms with Crippen LogP contribution in [0, 0.1) is 12.3 Å². The number of oxime groups is 1. The Morgan fingerprint density at radius 3 is 2.48 bits per heavy atom. The zero-order chi connectivity index (χ0) is 18.3. The number of fused-ring (bicyclic) bond motifs is 5. The SMILES string of the molecule is C#CCO/N=C1/c2cc(OC)c(OC)cc2-c2[nH]c3ccc(O)cc3c21.Cl. The Bertz CT molecular complexity index is 1100. The molecule has 0 bridgehead atoms. The molecule has 0 unspecified atom stereocenters. The summed E-state index contributed by atoms with van der Waals surface area (Å²) in [7, 11) is 3.17. The first-order valence-electron chi connectivity index (χ1n) is 7.93. The van der Waals surface area contributed by atoms with Gasteiger partial charge in [-0.25, -0.2) is 0 Å². The van der Waals surface area contributed by atoms with Crippen LogP contribution in [0.2, 0.25) is 0 Å². The Morgan fingerprint density at radius 1 is 1.11 bits per heavy atom. The average molecular weight is 385 g/mol. The molecule has 2 N–H and O–H groups in total. The van der Waals surface area contributed by atoms with Crippen LogP contribution in [0.5, 0.6) is 17.2 Å². The zero-order valence-electron chi connectivity index (χ0n) is 14.7. The lowest BCUT2D eigenvalue weighted by atomic mass is 10.1. The second-order valence-electron chi connectivity index (χ2n) is 5.78. The van der Waals surface area contributed by atoms with Gasteiger partial charge in [0.05, 0.1) is 19.9 Å². The van der Waals surface area contributed by atoms with E-state index < -0.39 is 0 Å². The van der Waals surface area contributed by atoms with Gasteiger partial charge in [-0.2, -0.15) is 0 Å². The molecule has 7 heteroatoms. The fraction of sp³-hybridized carbons (Fsp3) is 0.150. The molecule has 6 nitrogen and oxygen atoms in total. The third kappa shape index (κ3) is 2.82. The number of benzene rings is 2. The fourth-order valence-corrected chi connectivity index (χ4v) is 3.27. The van der Waals surface area contributed by atoms with E-state index in [0.717, 1.165) is 33.3 Å².